The number of rotatable bonds is 2. The lowest BCUT2D eigenvalue weighted by Crippen LogP contribution is -2.01. The number of benzene rings is 2. The smallest absolute Gasteiger partial charge is 0.282 e. The molecule has 1 N–H and O–H groups in total. The minimum absolute atomic E-state index is 0.101. The molecule has 0 aliphatic rings. The van der Waals surface area contributed by atoms with Crippen molar-refractivity contribution in [2.75, 3.05) is 0 Å². The zero-order valence-corrected chi connectivity index (χ0v) is 11.2. The van der Waals surface area contributed by atoms with Gasteiger partial charge in [0.25, 0.3) is 10.1 Å². The van der Waals surface area contributed by atoms with Crippen LogP contribution < -0.4 is 0 Å². The first-order valence-corrected chi connectivity index (χ1v) is 7.04. The van der Waals surface area contributed by atoms with Gasteiger partial charge in [-0.1, -0.05) is 41.4 Å². The summed E-state index contributed by atoms with van der Waals surface area (Å²) in [6.45, 7) is 1.85. The molecule has 2 rings (SSSR count). The summed E-state index contributed by atoms with van der Waals surface area (Å²) in [6, 6.07) is 11.5. The van der Waals surface area contributed by atoms with E-state index in [0.29, 0.717) is 16.1 Å². The van der Waals surface area contributed by atoms with Gasteiger partial charge in [-0.05, 0) is 30.7 Å². The fraction of sp³-hybridized carbons (Fsp3) is 0.0769. The molecule has 0 saturated carbocycles. The second kappa shape index (κ2) is 4.72. The van der Waals surface area contributed by atoms with Gasteiger partial charge in [0.2, 0.25) is 0 Å². The third-order valence-corrected chi connectivity index (χ3v) is 3.73. The van der Waals surface area contributed by atoms with Gasteiger partial charge in [-0.25, -0.2) is 0 Å². The molecule has 2 aromatic carbocycles. The molecular formula is C13H11ClO3S. The van der Waals surface area contributed by atoms with E-state index in [-0.39, 0.29) is 4.90 Å². The van der Waals surface area contributed by atoms with Crippen LogP contribution in [0.2, 0.25) is 5.02 Å². The molecule has 0 fully saturated rings. The lowest BCUT2D eigenvalue weighted by molar-refractivity contribution is 0.483. The van der Waals surface area contributed by atoms with Gasteiger partial charge in [-0.2, -0.15) is 8.42 Å². The van der Waals surface area contributed by atoms with Gasteiger partial charge >= 0.3 is 0 Å². The van der Waals surface area contributed by atoms with Crippen LogP contribution in [0, 0.1) is 6.92 Å². The maximum atomic E-state index is 11.3. The fourth-order valence-corrected chi connectivity index (χ4v) is 2.54. The van der Waals surface area contributed by atoms with E-state index in [1.165, 1.54) is 6.07 Å². The largest absolute Gasteiger partial charge is 0.295 e. The Balaban J connectivity index is 2.69. The van der Waals surface area contributed by atoms with Crippen LogP contribution in [0.5, 0.6) is 0 Å². The van der Waals surface area contributed by atoms with Crippen LogP contribution in [0.4, 0.5) is 0 Å². The lowest BCUT2D eigenvalue weighted by Gasteiger charge is -2.08. The fourth-order valence-electron chi connectivity index (χ4n) is 1.72. The predicted octanol–water partition coefficient (Wildman–Crippen LogP) is 3.56. The van der Waals surface area contributed by atoms with Gasteiger partial charge in [0.05, 0.1) is 0 Å². The first-order chi connectivity index (χ1) is 8.38. The Kier molecular flexibility index (Phi) is 3.43. The van der Waals surface area contributed by atoms with Crippen LogP contribution in [0.3, 0.4) is 0 Å². The van der Waals surface area contributed by atoms with Gasteiger partial charge in [0.15, 0.2) is 0 Å². The van der Waals surface area contributed by atoms with Crippen molar-refractivity contribution in [1.29, 1.82) is 0 Å². The summed E-state index contributed by atoms with van der Waals surface area (Å²) in [5, 5.41) is 0.569. The highest BCUT2D eigenvalue weighted by Crippen LogP contribution is 2.29. The Hall–Kier alpha value is -1.36. The monoisotopic (exact) mass is 282 g/mol. The van der Waals surface area contributed by atoms with Crippen molar-refractivity contribution in [2.24, 2.45) is 0 Å². The van der Waals surface area contributed by atoms with E-state index in [9.17, 15) is 13.0 Å². The Morgan fingerprint density at radius 2 is 1.67 bits per heavy atom. The lowest BCUT2D eigenvalue weighted by atomic mass is 10.0. The summed E-state index contributed by atoms with van der Waals surface area (Å²) < 4.78 is 31.9. The molecule has 3 nitrogen and oxygen atoms in total. The maximum absolute atomic E-state index is 11.3. The van der Waals surface area contributed by atoms with Gasteiger partial charge in [0.1, 0.15) is 4.90 Å². The molecule has 5 heteroatoms. The number of aryl methyl sites for hydroxylation is 1. The molecule has 0 aromatic heterocycles. The van der Waals surface area contributed by atoms with Crippen molar-refractivity contribution in [3.05, 3.63) is 53.1 Å². The second-order valence-corrected chi connectivity index (χ2v) is 5.81. The maximum Gasteiger partial charge on any atom is 0.295 e. The average molecular weight is 283 g/mol. The summed E-state index contributed by atoms with van der Waals surface area (Å²) in [6.07, 6.45) is 0. The van der Waals surface area contributed by atoms with Crippen LogP contribution in [0.15, 0.2) is 47.4 Å². The number of hydrogen-bond acceptors (Lipinski definition) is 2. The Labute approximate surface area is 111 Å². The summed E-state index contributed by atoms with van der Waals surface area (Å²) in [5.74, 6) is 0. The van der Waals surface area contributed by atoms with E-state index in [4.69, 9.17) is 11.6 Å². The SMILES string of the molecule is Cc1ccc(S(=O)(=O)O)c(-c2ccc(Cl)cc2)c1. The standard InChI is InChI=1S/C13H11ClO3S/c1-9-2-7-13(18(15,16)17)12(8-9)10-3-5-11(14)6-4-10/h2-8H,1H3,(H,15,16,17). The number of halogens is 1. The van der Waals surface area contributed by atoms with Crippen LogP contribution in [-0.4, -0.2) is 13.0 Å². The molecule has 0 aliphatic heterocycles. The highest BCUT2D eigenvalue weighted by molar-refractivity contribution is 7.86. The quantitative estimate of drug-likeness (QED) is 0.857. The van der Waals surface area contributed by atoms with Gasteiger partial charge in [0, 0.05) is 10.6 Å². The number of hydrogen-bond donors (Lipinski definition) is 1. The van der Waals surface area contributed by atoms with Crippen LogP contribution >= 0.6 is 11.6 Å². The summed E-state index contributed by atoms with van der Waals surface area (Å²) in [5.41, 5.74) is 2.07. The van der Waals surface area contributed by atoms with Gasteiger partial charge in [-0.3, -0.25) is 4.55 Å². The molecule has 18 heavy (non-hydrogen) atoms. The minimum atomic E-state index is -4.24. The van der Waals surface area contributed by atoms with E-state index in [1.807, 2.05) is 6.92 Å². The van der Waals surface area contributed by atoms with E-state index in [0.717, 1.165) is 5.56 Å². The summed E-state index contributed by atoms with van der Waals surface area (Å²) in [4.78, 5) is -0.101. The molecule has 0 bridgehead atoms. The zero-order chi connectivity index (χ0) is 13.3. The normalized spacial score (nSPS) is 11.5. The Bertz CT molecular complexity index is 676. The van der Waals surface area contributed by atoms with Crippen LogP contribution in [-0.2, 0) is 10.1 Å². The highest BCUT2D eigenvalue weighted by Gasteiger charge is 2.16. The topological polar surface area (TPSA) is 54.4 Å². The average Bonchev–Trinajstić information content (AvgIpc) is 2.28. The molecule has 0 unspecified atom stereocenters. The second-order valence-electron chi connectivity index (χ2n) is 3.98. The molecule has 0 aliphatic carbocycles. The first-order valence-electron chi connectivity index (χ1n) is 5.22. The van der Waals surface area contributed by atoms with Gasteiger partial charge < -0.3 is 0 Å². The van der Waals surface area contributed by atoms with Crippen molar-refractivity contribution in [2.45, 2.75) is 11.8 Å². The third kappa shape index (κ3) is 2.72. The molecule has 0 atom stereocenters. The third-order valence-electron chi connectivity index (χ3n) is 2.57. The molecule has 0 saturated heterocycles. The highest BCUT2D eigenvalue weighted by atomic mass is 35.5. The Morgan fingerprint density at radius 1 is 1.06 bits per heavy atom. The predicted molar refractivity (Wildman–Crippen MR) is 71.4 cm³/mol. The molecule has 94 valence electrons. The van der Waals surface area contributed by atoms with E-state index >= 15 is 0 Å². The molecule has 0 spiro atoms. The molecule has 0 amide bonds. The molecule has 2 aromatic rings. The van der Waals surface area contributed by atoms with E-state index in [2.05, 4.69) is 0 Å². The van der Waals surface area contributed by atoms with Crippen LogP contribution in [0.25, 0.3) is 11.1 Å². The molecular weight excluding hydrogens is 272 g/mol. The first kappa shape index (κ1) is 13.1. The van der Waals surface area contributed by atoms with Crippen molar-refractivity contribution >= 4 is 21.7 Å². The van der Waals surface area contributed by atoms with Crippen molar-refractivity contribution in [3.63, 3.8) is 0 Å². The van der Waals surface area contributed by atoms with E-state index < -0.39 is 10.1 Å². The minimum Gasteiger partial charge on any atom is -0.282 e. The van der Waals surface area contributed by atoms with Gasteiger partial charge in [-0.15, -0.1) is 0 Å². The molecule has 0 radical (unpaired) electrons. The Morgan fingerprint density at radius 3 is 2.22 bits per heavy atom. The van der Waals surface area contributed by atoms with Crippen molar-refractivity contribution in [3.8, 4) is 11.1 Å². The summed E-state index contributed by atoms with van der Waals surface area (Å²) in [7, 11) is -4.24. The van der Waals surface area contributed by atoms with Crippen LogP contribution in [0.1, 0.15) is 5.56 Å². The zero-order valence-electron chi connectivity index (χ0n) is 9.59. The van der Waals surface area contributed by atoms with E-state index in [1.54, 1.807) is 36.4 Å². The summed E-state index contributed by atoms with van der Waals surface area (Å²) >= 11 is 5.79. The molecule has 0 heterocycles. The van der Waals surface area contributed by atoms with Crippen molar-refractivity contribution < 1.29 is 13.0 Å². The van der Waals surface area contributed by atoms with Crippen molar-refractivity contribution in [1.82, 2.24) is 0 Å².